The topological polar surface area (TPSA) is 52.0 Å². The van der Waals surface area contributed by atoms with Crippen LogP contribution in [0.2, 0.25) is 0 Å². The maximum Gasteiger partial charge on any atom is 0.177 e. The molecule has 0 fully saturated rings. The van der Waals surface area contributed by atoms with Crippen LogP contribution in [0, 0.1) is 6.92 Å². The van der Waals surface area contributed by atoms with E-state index in [2.05, 4.69) is 5.10 Å². The molecule has 0 saturated carbocycles. The minimum atomic E-state index is -3.24. The summed E-state index contributed by atoms with van der Waals surface area (Å²) in [5.41, 5.74) is 1.49. The van der Waals surface area contributed by atoms with Gasteiger partial charge in [0.1, 0.15) is 0 Å². The van der Waals surface area contributed by atoms with E-state index in [0.29, 0.717) is 10.6 Å². The van der Waals surface area contributed by atoms with Gasteiger partial charge in [0.05, 0.1) is 10.6 Å². The summed E-state index contributed by atoms with van der Waals surface area (Å²) in [6, 6.07) is 8.67. The van der Waals surface area contributed by atoms with Crippen LogP contribution < -0.4 is 0 Å². The largest absolute Gasteiger partial charge is 0.237 e. The fraction of sp³-hybridized carbons (Fsp3) is 0.182. The fourth-order valence-electron chi connectivity index (χ4n) is 1.57. The lowest BCUT2D eigenvalue weighted by molar-refractivity contribution is 0.600. The number of aromatic nitrogens is 2. The SMILES string of the molecule is Cc1ccnn1-c1ccccc1S(C)(=O)=O. The second kappa shape index (κ2) is 3.75. The van der Waals surface area contributed by atoms with Crippen molar-refractivity contribution in [2.45, 2.75) is 11.8 Å². The van der Waals surface area contributed by atoms with Crippen molar-refractivity contribution in [2.24, 2.45) is 0 Å². The van der Waals surface area contributed by atoms with Crippen LogP contribution >= 0.6 is 0 Å². The summed E-state index contributed by atoms with van der Waals surface area (Å²) in [4.78, 5) is 0.293. The van der Waals surface area contributed by atoms with E-state index >= 15 is 0 Å². The van der Waals surface area contributed by atoms with Crippen molar-refractivity contribution in [3.63, 3.8) is 0 Å². The molecule has 0 aliphatic carbocycles. The molecule has 84 valence electrons. The summed E-state index contributed by atoms with van der Waals surface area (Å²) < 4.78 is 24.9. The van der Waals surface area contributed by atoms with Gasteiger partial charge in [0.15, 0.2) is 9.84 Å². The van der Waals surface area contributed by atoms with Crippen LogP contribution in [0.3, 0.4) is 0 Å². The van der Waals surface area contributed by atoms with E-state index in [1.54, 1.807) is 35.1 Å². The predicted molar refractivity (Wildman–Crippen MR) is 61.4 cm³/mol. The maximum absolute atomic E-state index is 11.6. The lowest BCUT2D eigenvalue weighted by Crippen LogP contribution is -2.07. The summed E-state index contributed by atoms with van der Waals surface area (Å²) >= 11 is 0. The zero-order chi connectivity index (χ0) is 11.8. The average molecular weight is 236 g/mol. The van der Waals surface area contributed by atoms with Crippen LogP contribution in [0.5, 0.6) is 0 Å². The third kappa shape index (κ3) is 1.86. The van der Waals surface area contributed by atoms with Crippen LogP contribution in [0.1, 0.15) is 5.69 Å². The smallest absolute Gasteiger partial charge is 0.177 e. The van der Waals surface area contributed by atoms with Gasteiger partial charge in [-0.3, -0.25) is 0 Å². The van der Waals surface area contributed by atoms with Crippen LogP contribution in [-0.4, -0.2) is 24.5 Å². The summed E-state index contributed by atoms with van der Waals surface area (Å²) in [6.45, 7) is 1.88. The maximum atomic E-state index is 11.6. The lowest BCUT2D eigenvalue weighted by atomic mass is 10.3. The summed E-state index contributed by atoms with van der Waals surface area (Å²) in [5.74, 6) is 0. The van der Waals surface area contributed by atoms with Crippen molar-refractivity contribution in [1.29, 1.82) is 0 Å². The van der Waals surface area contributed by atoms with Gasteiger partial charge in [-0.1, -0.05) is 12.1 Å². The Hall–Kier alpha value is -1.62. The standard InChI is InChI=1S/C11H12N2O2S/c1-9-7-8-12-13(9)10-5-3-4-6-11(10)16(2,14)15/h3-8H,1-2H3. The first-order chi connectivity index (χ1) is 7.50. The van der Waals surface area contributed by atoms with Gasteiger partial charge in [0.2, 0.25) is 0 Å². The third-order valence-electron chi connectivity index (χ3n) is 2.32. The summed E-state index contributed by atoms with van der Waals surface area (Å²) in [5, 5.41) is 4.11. The molecule has 5 heteroatoms. The highest BCUT2D eigenvalue weighted by molar-refractivity contribution is 7.90. The lowest BCUT2D eigenvalue weighted by Gasteiger charge is -2.09. The number of hydrogen-bond donors (Lipinski definition) is 0. The van der Waals surface area contributed by atoms with Gasteiger partial charge < -0.3 is 0 Å². The number of nitrogens with zero attached hydrogens (tertiary/aromatic N) is 2. The first-order valence-corrected chi connectivity index (χ1v) is 6.69. The highest BCUT2D eigenvalue weighted by Gasteiger charge is 2.14. The summed E-state index contributed by atoms with van der Waals surface area (Å²) in [6.07, 6.45) is 2.85. The quantitative estimate of drug-likeness (QED) is 0.795. The molecule has 0 aliphatic rings. The van der Waals surface area contributed by atoms with Gasteiger partial charge in [0, 0.05) is 18.1 Å². The van der Waals surface area contributed by atoms with Crippen molar-refractivity contribution >= 4 is 9.84 Å². The second-order valence-corrected chi connectivity index (χ2v) is 5.61. The predicted octanol–water partition coefficient (Wildman–Crippen LogP) is 1.58. The van der Waals surface area contributed by atoms with E-state index < -0.39 is 9.84 Å². The Balaban J connectivity index is 2.72. The van der Waals surface area contributed by atoms with E-state index in [9.17, 15) is 8.42 Å². The van der Waals surface area contributed by atoms with E-state index in [4.69, 9.17) is 0 Å². The number of para-hydroxylation sites is 1. The molecule has 0 unspecified atom stereocenters. The van der Waals surface area contributed by atoms with E-state index in [1.165, 1.54) is 6.26 Å². The van der Waals surface area contributed by atoms with Gasteiger partial charge in [-0.05, 0) is 25.1 Å². The number of benzene rings is 1. The van der Waals surface area contributed by atoms with Gasteiger partial charge in [-0.2, -0.15) is 5.10 Å². The Kier molecular flexibility index (Phi) is 2.55. The molecule has 2 rings (SSSR count). The first-order valence-electron chi connectivity index (χ1n) is 4.80. The van der Waals surface area contributed by atoms with Gasteiger partial charge in [-0.15, -0.1) is 0 Å². The third-order valence-corrected chi connectivity index (χ3v) is 3.47. The van der Waals surface area contributed by atoms with Gasteiger partial charge in [-0.25, -0.2) is 13.1 Å². The van der Waals surface area contributed by atoms with E-state index in [-0.39, 0.29) is 0 Å². The van der Waals surface area contributed by atoms with Crippen molar-refractivity contribution in [2.75, 3.05) is 6.26 Å². The molecule has 0 amide bonds. The molecular weight excluding hydrogens is 224 g/mol. The number of aryl methyl sites for hydroxylation is 1. The molecule has 0 radical (unpaired) electrons. The number of sulfone groups is 1. The number of hydrogen-bond acceptors (Lipinski definition) is 3. The van der Waals surface area contributed by atoms with Gasteiger partial charge >= 0.3 is 0 Å². The van der Waals surface area contributed by atoms with Crippen molar-refractivity contribution in [1.82, 2.24) is 9.78 Å². The van der Waals surface area contributed by atoms with E-state index in [0.717, 1.165) is 5.69 Å². The Labute approximate surface area is 94.5 Å². The molecule has 1 aromatic carbocycles. The van der Waals surface area contributed by atoms with E-state index in [1.807, 2.05) is 13.0 Å². The molecule has 2 aromatic rings. The second-order valence-electron chi connectivity index (χ2n) is 3.62. The first kappa shape index (κ1) is 10.9. The molecule has 0 spiro atoms. The van der Waals surface area contributed by atoms with Crippen molar-refractivity contribution in [3.05, 3.63) is 42.2 Å². The summed E-state index contributed by atoms with van der Waals surface area (Å²) in [7, 11) is -3.24. The average Bonchev–Trinajstić information content (AvgIpc) is 2.63. The Morgan fingerprint density at radius 2 is 1.88 bits per heavy atom. The zero-order valence-corrected chi connectivity index (χ0v) is 9.90. The fourth-order valence-corrected chi connectivity index (χ4v) is 2.43. The van der Waals surface area contributed by atoms with Crippen molar-refractivity contribution < 1.29 is 8.42 Å². The van der Waals surface area contributed by atoms with Crippen molar-refractivity contribution in [3.8, 4) is 5.69 Å². The molecule has 0 atom stereocenters. The van der Waals surface area contributed by atoms with Crippen LogP contribution in [0.4, 0.5) is 0 Å². The Bertz CT molecular complexity index is 614. The van der Waals surface area contributed by atoms with Gasteiger partial charge in [0.25, 0.3) is 0 Å². The minimum absolute atomic E-state index is 0.293. The minimum Gasteiger partial charge on any atom is -0.237 e. The van der Waals surface area contributed by atoms with Crippen LogP contribution in [-0.2, 0) is 9.84 Å². The molecule has 1 aromatic heterocycles. The number of rotatable bonds is 2. The van der Waals surface area contributed by atoms with Crippen LogP contribution in [0.25, 0.3) is 5.69 Å². The molecule has 0 N–H and O–H groups in total. The molecule has 0 aliphatic heterocycles. The highest BCUT2D eigenvalue weighted by atomic mass is 32.2. The monoisotopic (exact) mass is 236 g/mol. The molecule has 16 heavy (non-hydrogen) atoms. The molecular formula is C11H12N2O2S. The molecule has 1 heterocycles. The Morgan fingerprint density at radius 3 is 2.44 bits per heavy atom. The molecule has 4 nitrogen and oxygen atoms in total. The zero-order valence-electron chi connectivity index (χ0n) is 9.08. The Morgan fingerprint density at radius 1 is 1.19 bits per heavy atom. The molecule has 0 saturated heterocycles. The molecule has 0 bridgehead atoms. The highest BCUT2D eigenvalue weighted by Crippen LogP contribution is 2.20. The van der Waals surface area contributed by atoms with Crippen LogP contribution in [0.15, 0.2) is 41.4 Å². The normalized spacial score (nSPS) is 11.6.